The zero-order chi connectivity index (χ0) is 21.4. The van der Waals surface area contributed by atoms with Crippen LogP contribution in [0.25, 0.3) is 0 Å². The zero-order valence-corrected chi connectivity index (χ0v) is 17.1. The summed E-state index contributed by atoms with van der Waals surface area (Å²) >= 11 is 0. The molecule has 0 aliphatic carbocycles. The van der Waals surface area contributed by atoms with Crippen LogP contribution in [0, 0.1) is 20.8 Å². The van der Waals surface area contributed by atoms with Crippen molar-refractivity contribution in [3.63, 3.8) is 0 Å². The van der Waals surface area contributed by atoms with Gasteiger partial charge in [-0.1, -0.05) is 47.5 Å². The lowest BCUT2D eigenvalue weighted by molar-refractivity contribution is -0.136. The maximum absolute atomic E-state index is 12.8. The molecule has 2 aliphatic rings. The number of aryl methyl sites for hydroxylation is 3. The van der Waals surface area contributed by atoms with Crippen LogP contribution in [-0.2, 0) is 14.3 Å². The summed E-state index contributed by atoms with van der Waals surface area (Å²) in [6.45, 7) is 5.61. The number of rotatable bonds is 4. The highest BCUT2D eigenvalue weighted by molar-refractivity contribution is 6.00. The van der Waals surface area contributed by atoms with Crippen molar-refractivity contribution in [2.24, 2.45) is 0 Å². The minimum absolute atomic E-state index is 0.0270. The van der Waals surface area contributed by atoms with Crippen LogP contribution in [0.2, 0.25) is 0 Å². The fraction of sp³-hybridized carbons (Fsp3) is 0.261. The number of anilines is 1. The molecular weight excluding hydrogens is 382 g/mol. The Labute approximate surface area is 174 Å². The average molecular weight is 405 g/mol. The number of amides is 3. The number of carbonyl (C=O) groups is 3. The van der Waals surface area contributed by atoms with Crippen molar-refractivity contribution < 1.29 is 19.1 Å². The Kier molecular flexibility index (Phi) is 5.03. The van der Waals surface area contributed by atoms with Gasteiger partial charge < -0.3 is 15.4 Å². The van der Waals surface area contributed by atoms with E-state index >= 15 is 0 Å². The minimum atomic E-state index is -0.596. The third kappa shape index (κ3) is 3.66. The maximum Gasteiger partial charge on any atom is 0.338 e. The van der Waals surface area contributed by atoms with E-state index in [9.17, 15) is 14.4 Å². The van der Waals surface area contributed by atoms with Crippen molar-refractivity contribution in [3.05, 3.63) is 76.0 Å². The highest BCUT2D eigenvalue weighted by atomic mass is 16.5. The number of hydrogen-bond acceptors (Lipinski definition) is 4. The largest absolute Gasteiger partial charge is 0.456 e. The lowest BCUT2D eigenvalue weighted by Gasteiger charge is -2.32. The van der Waals surface area contributed by atoms with Crippen LogP contribution in [-0.4, -0.2) is 36.0 Å². The van der Waals surface area contributed by atoms with Gasteiger partial charge in [-0.2, -0.15) is 0 Å². The van der Waals surface area contributed by atoms with E-state index in [1.807, 2.05) is 63.2 Å². The normalized spacial score (nSPS) is 18.1. The molecule has 2 N–H and O–H groups in total. The Morgan fingerprint density at radius 1 is 1.10 bits per heavy atom. The van der Waals surface area contributed by atoms with Crippen LogP contribution in [0.4, 0.5) is 10.5 Å². The Balaban J connectivity index is 1.59. The molecule has 154 valence electrons. The molecule has 4 rings (SSSR count). The minimum Gasteiger partial charge on any atom is -0.456 e. The summed E-state index contributed by atoms with van der Waals surface area (Å²) in [5, 5.41) is 5.68. The second-order valence-corrected chi connectivity index (χ2v) is 7.68. The van der Waals surface area contributed by atoms with Gasteiger partial charge in [0.05, 0.1) is 17.3 Å². The van der Waals surface area contributed by atoms with Gasteiger partial charge in [0.2, 0.25) is 5.91 Å². The first-order valence-corrected chi connectivity index (χ1v) is 9.75. The van der Waals surface area contributed by atoms with E-state index in [-0.39, 0.29) is 19.1 Å². The molecule has 30 heavy (non-hydrogen) atoms. The van der Waals surface area contributed by atoms with E-state index in [4.69, 9.17) is 4.74 Å². The number of nitrogens with one attached hydrogen (secondary N) is 2. The first kappa shape index (κ1) is 19.7. The van der Waals surface area contributed by atoms with E-state index in [0.29, 0.717) is 17.0 Å². The summed E-state index contributed by atoms with van der Waals surface area (Å²) < 4.78 is 5.21. The van der Waals surface area contributed by atoms with Gasteiger partial charge in [0.1, 0.15) is 13.2 Å². The summed E-state index contributed by atoms with van der Waals surface area (Å²) in [6.07, 6.45) is 0. The Morgan fingerprint density at radius 3 is 2.50 bits per heavy atom. The van der Waals surface area contributed by atoms with Crippen LogP contribution in [0.1, 0.15) is 28.3 Å². The molecule has 3 amide bonds. The highest BCUT2D eigenvalue weighted by Gasteiger charge is 2.42. The van der Waals surface area contributed by atoms with Crippen molar-refractivity contribution in [1.29, 1.82) is 0 Å². The Bertz CT molecular complexity index is 1070. The van der Waals surface area contributed by atoms with Gasteiger partial charge in [-0.15, -0.1) is 0 Å². The van der Waals surface area contributed by atoms with E-state index in [1.165, 1.54) is 4.90 Å². The molecule has 0 unspecified atom stereocenters. The summed E-state index contributed by atoms with van der Waals surface area (Å²) in [6, 6.07) is 12.3. The highest BCUT2D eigenvalue weighted by Crippen LogP contribution is 2.35. The van der Waals surface area contributed by atoms with Gasteiger partial charge in [0.25, 0.3) is 0 Å². The number of cyclic esters (lactones) is 1. The molecule has 0 aromatic heterocycles. The first-order valence-electron chi connectivity index (χ1n) is 9.75. The predicted octanol–water partition coefficient (Wildman–Crippen LogP) is 3.13. The molecule has 0 saturated heterocycles. The Morgan fingerprint density at radius 2 is 1.80 bits per heavy atom. The number of nitrogens with zero attached hydrogens (tertiary/aromatic N) is 1. The lowest BCUT2D eigenvalue weighted by Crippen LogP contribution is -2.49. The van der Waals surface area contributed by atoms with Crippen LogP contribution < -0.4 is 10.6 Å². The summed E-state index contributed by atoms with van der Waals surface area (Å²) in [5.41, 5.74) is 5.40. The molecule has 1 atom stereocenters. The molecule has 2 aliphatic heterocycles. The number of ether oxygens (including phenoxy) is 1. The summed E-state index contributed by atoms with van der Waals surface area (Å²) in [5.74, 6) is -0.826. The van der Waals surface area contributed by atoms with Crippen molar-refractivity contribution in [2.75, 3.05) is 18.5 Å². The quantitative estimate of drug-likeness (QED) is 0.765. The molecular formula is C23H23N3O4. The van der Waals surface area contributed by atoms with E-state index in [0.717, 1.165) is 22.3 Å². The SMILES string of the molecule is Cc1ccc([C@H]2NC(=O)N(CC(=O)Nc3ccc(C)cc3C)C3=C2C(=O)OC3)cc1. The molecule has 0 radical (unpaired) electrons. The van der Waals surface area contributed by atoms with Crippen molar-refractivity contribution >= 4 is 23.6 Å². The number of esters is 1. The summed E-state index contributed by atoms with van der Waals surface area (Å²) in [7, 11) is 0. The Hall–Kier alpha value is -3.61. The standard InChI is InChI=1S/C23H23N3O4/c1-13-4-7-16(8-5-13)21-20-18(12-30-22(20)28)26(23(29)25-21)11-19(27)24-17-9-6-14(2)10-15(17)3/h4-10,21H,11-12H2,1-3H3,(H,24,27)(H,25,29)/t21-/m1/s1. The topological polar surface area (TPSA) is 87.7 Å². The van der Waals surface area contributed by atoms with Gasteiger partial charge >= 0.3 is 12.0 Å². The summed E-state index contributed by atoms with van der Waals surface area (Å²) in [4.78, 5) is 39.2. The van der Waals surface area contributed by atoms with Gasteiger partial charge in [0.15, 0.2) is 0 Å². The van der Waals surface area contributed by atoms with E-state index < -0.39 is 18.0 Å². The fourth-order valence-corrected chi connectivity index (χ4v) is 3.77. The van der Waals surface area contributed by atoms with Crippen LogP contribution in [0.5, 0.6) is 0 Å². The second-order valence-electron chi connectivity index (χ2n) is 7.68. The molecule has 2 heterocycles. The third-order valence-electron chi connectivity index (χ3n) is 5.37. The van der Waals surface area contributed by atoms with E-state index in [1.54, 1.807) is 0 Å². The number of hydrogen-bond donors (Lipinski definition) is 2. The van der Waals surface area contributed by atoms with Crippen LogP contribution >= 0.6 is 0 Å². The average Bonchev–Trinajstić information content (AvgIpc) is 3.08. The van der Waals surface area contributed by atoms with Crippen LogP contribution in [0.15, 0.2) is 53.7 Å². The van der Waals surface area contributed by atoms with Crippen molar-refractivity contribution in [1.82, 2.24) is 10.2 Å². The monoisotopic (exact) mass is 405 g/mol. The molecule has 7 heteroatoms. The molecule has 0 bridgehead atoms. The second kappa shape index (κ2) is 7.67. The van der Waals surface area contributed by atoms with Crippen LogP contribution in [0.3, 0.4) is 0 Å². The molecule has 0 fully saturated rings. The van der Waals surface area contributed by atoms with Gasteiger partial charge in [-0.3, -0.25) is 9.69 Å². The van der Waals surface area contributed by atoms with Gasteiger partial charge in [-0.05, 0) is 38.0 Å². The van der Waals surface area contributed by atoms with Crippen molar-refractivity contribution in [3.8, 4) is 0 Å². The van der Waals surface area contributed by atoms with E-state index in [2.05, 4.69) is 10.6 Å². The predicted molar refractivity (Wildman–Crippen MR) is 112 cm³/mol. The molecule has 0 saturated carbocycles. The maximum atomic E-state index is 12.8. The molecule has 2 aromatic rings. The van der Waals surface area contributed by atoms with Gasteiger partial charge in [0, 0.05) is 5.69 Å². The number of carbonyl (C=O) groups excluding carboxylic acids is 3. The van der Waals surface area contributed by atoms with Crippen molar-refractivity contribution in [2.45, 2.75) is 26.8 Å². The number of benzene rings is 2. The lowest BCUT2D eigenvalue weighted by atomic mass is 9.95. The molecule has 0 spiro atoms. The fourth-order valence-electron chi connectivity index (χ4n) is 3.77. The third-order valence-corrected chi connectivity index (χ3v) is 5.37. The molecule has 7 nitrogen and oxygen atoms in total. The van der Waals surface area contributed by atoms with Gasteiger partial charge in [-0.25, -0.2) is 9.59 Å². The zero-order valence-electron chi connectivity index (χ0n) is 17.1. The first-order chi connectivity index (χ1) is 14.3. The number of urea groups is 1. The smallest absolute Gasteiger partial charge is 0.338 e. The molecule has 2 aromatic carbocycles.